The molecule has 0 spiro atoms. The summed E-state index contributed by atoms with van der Waals surface area (Å²) >= 11 is 0. The molecule has 1 aliphatic rings. The number of carbonyl (C=O) groups is 2. The normalized spacial score (nSPS) is 24.1. The first-order valence-electron chi connectivity index (χ1n) is 10.3. The molecule has 2 aromatic heterocycles. The zero-order valence-corrected chi connectivity index (χ0v) is 17.6. The van der Waals surface area contributed by atoms with Gasteiger partial charge in [0.2, 0.25) is 5.91 Å². The minimum absolute atomic E-state index is 0.105. The third kappa shape index (κ3) is 4.36. The number of aliphatic hydroxyl groups is 2. The van der Waals surface area contributed by atoms with Crippen LogP contribution in [-0.4, -0.2) is 72.1 Å². The van der Waals surface area contributed by atoms with E-state index in [0.717, 1.165) is 33.3 Å². The van der Waals surface area contributed by atoms with Crippen molar-refractivity contribution in [3.8, 4) is 0 Å². The summed E-state index contributed by atoms with van der Waals surface area (Å²) in [5, 5.41) is 33.6. The van der Waals surface area contributed by atoms with Crippen LogP contribution in [0.2, 0.25) is 0 Å². The Balaban J connectivity index is 1.50. The second kappa shape index (κ2) is 9.23. The van der Waals surface area contributed by atoms with Gasteiger partial charge in [0.25, 0.3) is 5.56 Å². The van der Waals surface area contributed by atoms with Crippen molar-refractivity contribution >= 4 is 22.8 Å². The number of amides is 1. The third-order valence-electron chi connectivity index (χ3n) is 5.74. The monoisotopic (exact) mass is 473 g/mol. The van der Waals surface area contributed by atoms with Crippen LogP contribution in [0.1, 0.15) is 11.8 Å². The Morgan fingerprint density at radius 2 is 1.91 bits per heavy atom. The minimum Gasteiger partial charge on any atom is -0.480 e. The highest BCUT2D eigenvalue weighted by atomic mass is 16.6. The molecule has 1 unspecified atom stereocenters. The quantitative estimate of drug-likeness (QED) is 0.198. The van der Waals surface area contributed by atoms with Crippen LogP contribution in [0.15, 0.2) is 52.3 Å². The highest BCUT2D eigenvalue weighted by Gasteiger charge is 2.50. The lowest BCUT2D eigenvalue weighted by Crippen LogP contribution is -2.56. The summed E-state index contributed by atoms with van der Waals surface area (Å²) in [5.41, 5.74) is 6.01. The van der Waals surface area contributed by atoms with Crippen molar-refractivity contribution in [2.45, 2.75) is 43.0 Å². The van der Waals surface area contributed by atoms with Gasteiger partial charge in [-0.3, -0.25) is 19.1 Å². The molecule has 1 saturated heterocycles. The highest BCUT2D eigenvalue weighted by Crippen LogP contribution is 2.30. The SMILES string of the molecule is N[C@@H](Cc1c[nH]c2ccccc12)C(=O)NC(C(=O)O)[C@H]1O[C@@H](n2ccc(=O)[nH]c2=O)[C@H](O)[C@@H]1O. The number of carbonyl (C=O) groups excluding carboxylic acids is 1. The minimum atomic E-state index is -1.78. The smallest absolute Gasteiger partial charge is 0.330 e. The van der Waals surface area contributed by atoms with Crippen molar-refractivity contribution in [1.82, 2.24) is 19.9 Å². The van der Waals surface area contributed by atoms with E-state index in [2.05, 4.69) is 10.3 Å². The zero-order valence-electron chi connectivity index (χ0n) is 17.6. The van der Waals surface area contributed by atoms with Gasteiger partial charge in [0.05, 0.1) is 6.04 Å². The standard InChI is InChI=1S/C21H23N5O8/c22-11(7-9-8-23-12-4-2-1-3-10(9)12)18(30)25-14(20(31)32)17-15(28)16(29)19(34-17)26-6-5-13(27)24-21(26)33/h1-6,8,11,14-17,19,23,28-29H,7,22H2,(H,25,30)(H,31,32)(H,24,27,33)/t11-,14?,15-,16+,17+,19+/m0/s1. The number of para-hydroxylation sites is 1. The van der Waals surface area contributed by atoms with E-state index >= 15 is 0 Å². The largest absolute Gasteiger partial charge is 0.480 e. The van der Waals surface area contributed by atoms with Crippen molar-refractivity contribution in [2.75, 3.05) is 0 Å². The Bertz CT molecular complexity index is 1330. The molecule has 34 heavy (non-hydrogen) atoms. The maximum Gasteiger partial charge on any atom is 0.330 e. The molecule has 0 bridgehead atoms. The van der Waals surface area contributed by atoms with Gasteiger partial charge in [0.15, 0.2) is 12.3 Å². The molecule has 1 aliphatic heterocycles. The van der Waals surface area contributed by atoms with E-state index in [1.54, 1.807) is 6.20 Å². The lowest BCUT2D eigenvalue weighted by molar-refractivity contribution is -0.149. The molecule has 4 rings (SSSR count). The van der Waals surface area contributed by atoms with E-state index in [-0.39, 0.29) is 6.42 Å². The van der Waals surface area contributed by atoms with Crippen LogP contribution in [0.4, 0.5) is 0 Å². The van der Waals surface area contributed by atoms with Gasteiger partial charge in [-0.05, 0) is 18.1 Å². The van der Waals surface area contributed by atoms with Crippen LogP contribution < -0.4 is 22.3 Å². The number of H-pyrrole nitrogens is 2. The van der Waals surface area contributed by atoms with Gasteiger partial charge in [0, 0.05) is 29.4 Å². The molecule has 0 aliphatic carbocycles. The van der Waals surface area contributed by atoms with E-state index in [9.17, 15) is 34.5 Å². The summed E-state index contributed by atoms with van der Waals surface area (Å²) in [5.74, 6) is -2.36. The first-order chi connectivity index (χ1) is 16.2. The van der Waals surface area contributed by atoms with Crippen LogP contribution in [0.5, 0.6) is 0 Å². The number of aromatic amines is 2. The van der Waals surface area contributed by atoms with Gasteiger partial charge in [-0.2, -0.15) is 0 Å². The lowest BCUT2D eigenvalue weighted by atomic mass is 10.0. The van der Waals surface area contributed by atoms with Crippen molar-refractivity contribution in [3.63, 3.8) is 0 Å². The molecule has 0 saturated carbocycles. The molecule has 0 radical (unpaired) electrons. The molecule has 3 aromatic rings. The average molecular weight is 473 g/mol. The van der Waals surface area contributed by atoms with E-state index in [4.69, 9.17) is 10.5 Å². The number of benzene rings is 1. The predicted molar refractivity (Wildman–Crippen MR) is 117 cm³/mol. The molecule has 6 atom stereocenters. The van der Waals surface area contributed by atoms with Crippen molar-refractivity contribution in [1.29, 1.82) is 0 Å². The summed E-state index contributed by atoms with van der Waals surface area (Å²) in [7, 11) is 0. The van der Waals surface area contributed by atoms with Gasteiger partial charge in [-0.25, -0.2) is 9.59 Å². The number of hydrogen-bond acceptors (Lipinski definition) is 8. The zero-order chi connectivity index (χ0) is 24.6. The Morgan fingerprint density at radius 1 is 1.18 bits per heavy atom. The van der Waals surface area contributed by atoms with E-state index in [0.29, 0.717) is 0 Å². The van der Waals surface area contributed by atoms with E-state index in [1.807, 2.05) is 29.2 Å². The predicted octanol–water partition coefficient (Wildman–Crippen LogP) is -2.22. The fourth-order valence-electron chi connectivity index (χ4n) is 3.99. The number of aliphatic carboxylic acids is 1. The first kappa shape index (κ1) is 23.4. The number of ether oxygens (including phenoxy) is 1. The maximum absolute atomic E-state index is 12.7. The molecular weight excluding hydrogens is 450 g/mol. The van der Waals surface area contributed by atoms with Crippen molar-refractivity contribution < 1.29 is 29.6 Å². The molecule has 13 heteroatoms. The molecular formula is C21H23N5O8. The molecule has 180 valence electrons. The topological polar surface area (TPSA) is 213 Å². The van der Waals surface area contributed by atoms with Gasteiger partial charge >= 0.3 is 11.7 Å². The molecule has 1 amide bonds. The number of hydrogen-bond donors (Lipinski definition) is 7. The number of nitrogens with zero attached hydrogens (tertiary/aromatic N) is 1. The number of nitrogens with two attached hydrogens (primary N) is 1. The summed E-state index contributed by atoms with van der Waals surface area (Å²) < 4.78 is 6.26. The summed E-state index contributed by atoms with van der Waals surface area (Å²) in [6.07, 6.45) is -3.74. The molecule has 1 aromatic carbocycles. The number of fused-ring (bicyclic) bond motifs is 1. The van der Waals surface area contributed by atoms with Crippen molar-refractivity contribution in [2.24, 2.45) is 5.73 Å². The fraction of sp³-hybridized carbons (Fsp3) is 0.333. The van der Waals surface area contributed by atoms with Crippen LogP contribution >= 0.6 is 0 Å². The number of nitrogens with one attached hydrogen (secondary N) is 3. The highest BCUT2D eigenvalue weighted by molar-refractivity contribution is 5.89. The second-order valence-corrected chi connectivity index (χ2v) is 7.98. The van der Waals surface area contributed by atoms with Gasteiger partial charge in [0.1, 0.15) is 18.3 Å². The molecule has 1 fully saturated rings. The number of aromatic nitrogens is 3. The number of aliphatic hydroxyl groups excluding tert-OH is 2. The Hall–Kier alpha value is -3.78. The number of rotatable bonds is 7. The number of carboxylic acid groups (broad SMARTS) is 1. The Labute approximate surface area is 190 Å². The molecule has 8 N–H and O–H groups in total. The lowest BCUT2D eigenvalue weighted by Gasteiger charge is -2.24. The van der Waals surface area contributed by atoms with Gasteiger partial charge < -0.3 is 36.1 Å². The summed E-state index contributed by atoms with van der Waals surface area (Å²) in [4.78, 5) is 52.9. The first-order valence-corrected chi connectivity index (χ1v) is 10.3. The van der Waals surface area contributed by atoms with Crippen LogP contribution in [0.3, 0.4) is 0 Å². The van der Waals surface area contributed by atoms with E-state index < -0.39 is 59.7 Å². The third-order valence-corrected chi connectivity index (χ3v) is 5.74. The average Bonchev–Trinajstić information content (AvgIpc) is 3.33. The molecule has 3 heterocycles. The van der Waals surface area contributed by atoms with Crippen LogP contribution in [0, 0.1) is 0 Å². The van der Waals surface area contributed by atoms with Crippen molar-refractivity contribution in [3.05, 3.63) is 69.1 Å². The summed E-state index contributed by atoms with van der Waals surface area (Å²) in [6, 6.07) is 5.49. The number of carboxylic acids is 1. The maximum atomic E-state index is 12.7. The Morgan fingerprint density at radius 3 is 2.62 bits per heavy atom. The molecule has 13 nitrogen and oxygen atoms in total. The fourth-order valence-corrected chi connectivity index (χ4v) is 3.99. The van der Waals surface area contributed by atoms with Gasteiger partial charge in [-0.1, -0.05) is 18.2 Å². The Kier molecular flexibility index (Phi) is 6.34. The van der Waals surface area contributed by atoms with Crippen LogP contribution in [-0.2, 0) is 20.7 Å². The van der Waals surface area contributed by atoms with Gasteiger partial charge in [-0.15, -0.1) is 0 Å². The van der Waals surface area contributed by atoms with Crippen LogP contribution in [0.25, 0.3) is 10.9 Å². The van der Waals surface area contributed by atoms with E-state index in [1.165, 1.54) is 0 Å². The summed E-state index contributed by atoms with van der Waals surface area (Å²) in [6.45, 7) is 0. The second-order valence-electron chi connectivity index (χ2n) is 7.98.